The van der Waals surface area contributed by atoms with E-state index in [9.17, 15) is 0 Å². The Bertz CT molecular complexity index is 583. The number of hydrogen-bond donors (Lipinski definition) is 1. The molecule has 1 aromatic carbocycles. The Balaban J connectivity index is 2.49. The van der Waals surface area contributed by atoms with E-state index in [1.54, 1.807) is 6.07 Å². The number of nitrogens with one attached hydrogen (secondary N) is 1. The van der Waals surface area contributed by atoms with Gasteiger partial charge in [-0.3, -0.25) is 5.10 Å². The van der Waals surface area contributed by atoms with E-state index in [-0.39, 0.29) is 0 Å². The lowest BCUT2D eigenvalue weighted by Crippen LogP contribution is -1.92. The maximum atomic E-state index is 5.85. The summed E-state index contributed by atoms with van der Waals surface area (Å²) in [6.45, 7) is 2.58. The monoisotopic (exact) mass is 266 g/mol. The molecule has 3 nitrogen and oxygen atoms in total. The minimum Gasteiger partial charge on any atom is -0.494 e. The minimum atomic E-state index is 0.385. The molecule has 0 aliphatic rings. The van der Waals surface area contributed by atoms with Gasteiger partial charge in [-0.1, -0.05) is 36.0 Å². The molecule has 0 aliphatic carbocycles. The highest BCUT2D eigenvalue weighted by atomic mass is 35.5. The minimum absolute atomic E-state index is 0.385. The third-order valence-electron chi connectivity index (χ3n) is 2.23. The number of aromatic nitrogens is 2. The molecule has 0 unspecified atom stereocenters. The summed E-state index contributed by atoms with van der Waals surface area (Å²) in [6.07, 6.45) is 0. The van der Waals surface area contributed by atoms with Crippen molar-refractivity contribution >= 4 is 23.8 Å². The van der Waals surface area contributed by atoms with Gasteiger partial charge in [0, 0.05) is 5.56 Å². The Hall–Kier alpha value is -1.39. The quantitative estimate of drug-likeness (QED) is 0.858. The van der Waals surface area contributed by atoms with Crippen LogP contribution in [-0.4, -0.2) is 16.8 Å². The fourth-order valence-electron chi connectivity index (χ4n) is 1.52. The van der Waals surface area contributed by atoms with Gasteiger partial charge in [0.05, 0.1) is 6.61 Å². The third kappa shape index (κ3) is 2.84. The fraction of sp³-hybridized carbons (Fsp3) is 0.167. The summed E-state index contributed by atoms with van der Waals surface area (Å²) in [5, 5.41) is 6.92. The molecule has 0 radical (unpaired) electrons. The van der Waals surface area contributed by atoms with Crippen molar-refractivity contribution in [1.82, 2.24) is 10.2 Å². The first-order valence-electron chi connectivity index (χ1n) is 5.19. The average Bonchev–Trinajstić information content (AvgIpc) is 2.33. The van der Waals surface area contributed by atoms with Gasteiger partial charge in [-0.05, 0) is 30.7 Å². The Morgan fingerprint density at radius 2 is 2.24 bits per heavy atom. The van der Waals surface area contributed by atoms with E-state index in [1.807, 2.05) is 31.2 Å². The van der Waals surface area contributed by atoms with Crippen LogP contribution in [0.2, 0.25) is 5.15 Å². The molecule has 1 aromatic heterocycles. The molecule has 0 fully saturated rings. The van der Waals surface area contributed by atoms with Gasteiger partial charge in [0.25, 0.3) is 0 Å². The molecule has 1 N–H and O–H groups in total. The molecule has 5 heteroatoms. The Morgan fingerprint density at radius 1 is 1.41 bits per heavy atom. The van der Waals surface area contributed by atoms with Crippen molar-refractivity contribution in [2.75, 3.05) is 6.61 Å². The molecular formula is C12H11ClN2OS. The summed E-state index contributed by atoms with van der Waals surface area (Å²) < 4.78 is 6.00. The van der Waals surface area contributed by atoms with Crippen molar-refractivity contribution in [2.45, 2.75) is 6.92 Å². The number of aromatic amines is 1. The van der Waals surface area contributed by atoms with Gasteiger partial charge in [-0.2, -0.15) is 5.10 Å². The number of hydrogen-bond acceptors (Lipinski definition) is 3. The highest BCUT2D eigenvalue weighted by Crippen LogP contribution is 2.25. The normalized spacial score (nSPS) is 10.2. The van der Waals surface area contributed by atoms with Crippen LogP contribution in [-0.2, 0) is 0 Å². The van der Waals surface area contributed by atoms with Gasteiger partial charge in [0.15, 0.2) is 0 Å². The molecule has 0 aliphatic heterocycles. The first kappa shape index (κ1) is 12.1. The van der Waals surface area contributed by atoms with Crippen LogP contribution in [0.25, 0.3) is 11.1 Å². The van der Waals surface area contributed by atoms with E-state index in [0.717, 1.165) is 16.9 Å². The molecule has 88 valence electrons. The van der Waals surface area contributed by atoms with Crippen molar-refractivity contribution < 1.29 is 4.74 Å². The number of rotatable bonds is 3. The molecule has 2 rings (SSSR count). The zero-order valence-corrected chi connectivity index (χ0v) is 10.8. The lowest BCUT2D eigenvalue weighted by atomic mass is 10.1. The summed E-state index contributed by atoms with van der Waals surface area (Å²) in [4.78, 5) is 0. The standard InChI is InChI=1S/C12H11ClN2OS/c1-2-16-9-5-3-4-8(6-9)10-7-11(13)14-15-12(10)17/h3-7H,2H2,1H3,(H,15,17). The highest BCUT2D eigenvalue weighted by molar-refractivity contribution is 7.71. The van der Waals surface area contributed by atoms with Gasteiger partial charge in [0.1, 0.15) is 15.5 Å². The van der Waals surface area contributed by atoms with Crippen molar-refractivity contribution in [3.8, 4) is 16.9 Å². The van der Waals surface area contributed by atoms with E-state index in [0.29, 0.717) is 16.4 Å². The summed E-state index contributed by atoms with van der Waals surface area (Å²) in [5.41, 5.74) is 1.81. The first-order chi connectivity index (χ1) is 8.20. The molecule has 0 amide bonds. The number of nitrogens with zero attached hydrogens (tertiary/aromatic N) is 1. The number of ether oxygens (including phenoxy) is 1. The molecule has 0 saturated carbocycles. The molecule has 0 atom stereocenters. The second-order valence-corrected chi connectivity index (χ2v) is 4.19. The lowest BCUT2D eigenvalue weighted by molar-refractivity contribution is 0.340. The topological polar surface area (TPSA) is 37.9 Å². The van der Waals surface area contributed by atoms with E-state index in [4.69, 9.17) is 28.6 Å². The molecule has 0 bridgehead atoms. The van der Waals surface area contributed by atoms with Crippen LogP contribution < -0.4 is 4.74 Å². The summed E-state index contributed by atoms with van der Waals surface area (Å²) >= 11 is 11.0. The van der Waals surface area contributed by atoms with Gasteiger partial charge < -0.3 is 4.74 Å². The van der Waals surface area contributed by atoms with Gasteiger partial charge in [-0.25, -0.2) is 0 Å². The van der Waals surface area contributed by atoms with Crippen LogP contribution in [0.3, 0.4) is 0 Å². The molecule has 2 aromatic rings. The largest absolute Gasteiger partial charge is 0.494 e. The third-order valence-corrected chi connectivity index (χ3v) is 2.73. The zero-order chi connectivity index (χ0) is 12.3. The van der Waals surface area contributed by atoms with Gasteiger partial charge in [-0.15, -0.1) is 0 Å². The van der Waals surface area contributed by atoms with Crippen molar-refractivity contribution in [3.05, 3.63) is 40.1 Å². The van der Waals surface area contributed by atoms with E-state index < -0.39 is 0 Å². The molecule has 17 heavy (non-hydrogen) atoms. The molecule has 0 saturated heterocycles. The predicted octanol–water partition coefficient (Wildman–Crippen LogP) is 3.86. The van der Waals surface area contributed by atoms with Crippen LogP contribution in [0.5, 0.6) is 5.75 Å². The van der Waals surface area contributed by atoms with Crippen LogP contribution in [0.1, 0.15) is 6.92 Å². The summed E-state index contributed by atoms with van der Waals surface area (Å²) in [6, 6.07) is 9.45. The van der Waals surface area contributed by atoms with Crippen molar-refractivity contribution in [2.24, 2.45) is 0 Å². The average molecular weight is 267 g/mol. The maximum Gasteiger partial charge on any atom is 0.150 e. The molecular weight excluding hydrogens is 256 g/mol. The Labute approximate surface area is 109 Å². The second-order valence-electron chi connectivity index (χ2n) is 3.39. The Morgan fingerprint density at radius 3 is 3.00 bits per heavy atom. The van der Waals surface area contributed by atoms with E-state index in [2.05, 4.69) is 10.2 Å². The maximum absolute atomic E-state index is 5.85. The smallest absolute Gasteiger partial charge is 0.150 e. The molecule has 1 heterocycles. The molecule has 0 spiro atoms. The van der Waals surface area contributed by atoms with Crippen LogP contribution >= 0.6 is 23.8 Å². The summed E-state index contributed by atoms with van der Waals surface area (Å²) in [7, 11) is 0. The SMILES string of the molecule is CCOc1cccc(-c2cc(Cl)n[nH]c2=S)c1. The first-order valence-corrected chi connectivity index (χ1v) is 5.98. The van der Waals surface area contributed by atoms with Crippen LogP contribution in [0, 0.1) is 4.64 Å². The number of H-pyrrole nitrogens is 1. The van der Waals surface area contributed by atoms with Gasteiger partial charge in [0.2, 0.25) is 0 Å². The van der Waals surface area contributed by atoms with Crippen LogP contribution in [0.15, 0.2) is 30.3 Å². The van der Waals surface area contributed by atoms with E-state index in [1.165, 1.54) is 0 Å². The van der Waals surface area contributed by atoms with Crippen LogP contribution in [0.4, 0.5) is 0 Å². The fourth-order valence-corrected chi connectivity index (χ4v) is 1.89. The predicted molar refractivity (Wildman–Crippen MR) is 71.0 cm³/mol. The van der Waals surface area contributed by atoms with Crippen molar-refractivity contribution in [3.63, 3.8) is 0 Å². The lowest BCUT2D eigenvalue weighted by Gasteiger charge is -2.06. The zero-order valence-electron chi connectivity index (χ0n) is 9.24. The number of halogens is 1. The highest BCUT2D eigenvalue weighted by Gasteiger charge is 2.04. The summed E-state index contributed by atoms with van der Waals surface area (Å²) in [5.74, 6) is 0.812. The van der Waals surface area contributed by atoms with Crippen molar-refractivity contribution in [1.29, 1.82) is 0 Å². The number of benzene rings is 1. The van der Waals surface area contributed by atoms with E-state index >= 15 is 0 Å². The second kappa shape index (κ2) is 5.29. The Kier molecular flexibility index (Phi) is 3.76. The van der Waals surface area contributed by atoms with Gasteiger partial charge >= 0.3 is 0 Å².